The van der Waals surface area contributed by atoms with Crippen LogP contribution in [0.4, 0.5) is 22.0 Å². The van der Waals surface area contributed by atoms with Crippen molar-refractivity contribution in [3.63, 3.8) is 0 Å². The van der Waals surface area contributed by atoms with Gasteiger partial charge in [0, 0.05) is 5.56 Å². The molecule has 0 heterocycles. The molecule has 0 aromatic heterocycles. The predicted molar refractivity (Wildman–Crippen MR) is 112 cm³/mol. The average Bonchev–Trinajstić information content (AvgIpc) is 2.81. The van der Waals surface area contributed by atoms with Crippen LogP contribution in [-0.4, -0.2) is 0 Å². The van der Waals surface area contributed by atoms with Crippen LogP contribution in [0, 0.1) is 29.1 Å². The highest BCUT2D eigenvalue weighted by molar-refractivity contribution is 6.21. The van der Waals surface area contributed by atoms with Crippen molar-refractivity contribution in [2.75, 3.05) is 0 Å². The maximum atomic E-state index is 14.8. The quantitative estimate of drug-likeness (QED) is 0.117. The number of hydrogen-bond donors (Lipinski definition) is 0. The minimum Gasteiger partial charge on any atom is -0.203 e. The van der Waals surface area contributed by atoms with Gasteiger partial charge in [0.05, 0.1) is 5.56 Å². The first-order valence-electron chi connectivity index (χ1n) is 9.51. The van der Waals surface area contributed by atoms with Gasteiger partial charge in [-0.3, -0.25) is 0 Å². The topological polar surface area (TPSA) is 0 Å². The zero-order valence-electron chi connectivity index (χ0n) is 15.9. The minimum atomic E-state index is -2.17. The lowest BCUT2D eigenvalue weighted by Gasteiger charge is -2.18. The van der Waals surface area contributed by atoms with Gasteiger partial charge in [-0.1, -0.05) is 78.9 Å². The van der Waals surface area contributed by atoms with E-state index < -0.39 is 34.6 Å². The van der Waals surface area contributed by atoms with Crippen molar-refractivity contribution in [3.8, 4) is 22.3 Å². The molecule has 152 valence electrons. The van der Waals surface area contributed by atoms with Crippen molar-refractivity contribution < 1.29 is 22.0 Å². The highest BCUT2D eigenvalue weighted by Gasteiger charge is 2.29. The van der Waals surface area contributed by atoms with Crippen LogP contribution in [0.15, 0.2) is 78.9 Å². The number of hydrogen-bond acceptors (Lipinski definition) is 0. The molecule has 0 bridgehead atoms. The Bertz CT molecular complexity index is 1390. The van der Waals surface area contributed by atoms with Crippen molar-refractivity contribution in [2.45, 2.75) is 0 Å². The lowest BCUT2D eigenvalue weighted by molar-refractivity contribution is 0.381. The van der Waals surface area contributed by atoms with Crippen molar-refractivity contribution in [2.24, 2.45) is 0 Å². The lowest BCUT2D eigenvalue weighted by atomic mass is 9.85. The minimum absolute atomic E-state index is 0.0290. The van der Waals surface area contributed by atoms with Gasteiger partial charge in [0.2, 0.25) is 5.82 Å². The van der Waals surface area contributed by atoms with Crippen LogP contribution in [0.3, 0.4) is 0 Å². The number of fused-ring (bicyclic) bond motifs is 2. The third-order valence-electron chi connectivity index (χ3n) is 5.45. The Kier molecular flexibility index (Phi) is 4.47. The summed E-state index contributed by atoms with van der Waals surface area (Å²) >= 11 is 0. The van der Waals surface area contributed by atoms with E-state index in [-0.39, 0.29) is 5.56 Å². The van der Waals surface area contributed by atoms with E-state index in [0.717, 1.165) is 11.1 Å². The first kappa shape index (κ1) is 19.2. The summed E-state index contributed by atoms with van der Waals surface area (Å²) < 4.78 is 71.5. The molecule has 0 nitrogen and oxygen atoms in total. The molecule has 0 aliphatic rings. The molecule has 0 N–H and O–H groups in total. The third-order valence-corrected chi connectivity index (χ3v) is 5.45. The molecule has 5 aromatic carbocycles. The lowest BCUT2D eigenvalue weighted by Crippen LogP contribution is -2.05. The van der Waals surface area contributed by atoms with E-state index in [0.29, 0.717) is 21.5 Å². The molecule has 0 unspecified atom stereocenters. The van der Waals surface area contributed by atoms with E-state index in [2.05, 4.69) is 0 Å². The molecular formula is C26H13F5. The molecule has 0 atom stereocenters. The summed E-state index contributed by atoms with van der Waals surface area (Å²) in [5, 5.41) is 2.07. The molecule has 5 aromatic rings. The SMILES string of the molecule is Fc1c(F)c(F)c(-c2c3ccccc3c(-c3ccccc3)c3ccccc23)c(F)c1F. The van der Waals surface area contributed by atoms with E-state index in [1.54, 1.807) is 48.5 Å². The molecule has 0 aliphatic heterocycles. The molecule has 31 heavy (non-hydrogen) atoms. The second-order valence-electron chi connectivity index (χ2n) is 7.15. The zero-order valence-corrected chi connectivity index (χ0v) is 15.9. The number of rotatable bonds is 2. The molecule has 5 rings (SSSR count). The van der Waals surface area contributed by atoms with Crippen LogP contribution in [-0.2, 0) is 0 Å². The molecule has 0 fully saturated rings. The Morgan fingerprint density at radius 2 is 0.677 bits per heavy atom. The fraction of sp³-hybridized carbons (Fsp3) is 0. The second-order valence-corrected chi connectivity index (χ2v) is 7.15. The van der Waals surface area contributed by atoms with E-state index in [1.807, 2.05) is 30.3 Å². The van der Waals surface area contributed by atoms with Crippen molar-refractivity contribution >= 4 is 21.5 Å². The van der Waals surface area contributed by atoms with Gasteiger partial charge < -0.3 is 0 Å². The molecule has 0 spiro atoms. The smallest absolute Gasteiger partial charge is 0.200 e. The summed E-state index contributed by atoms with van der Waals surface area (Å²) in [6, 6.07) is 23.1. The normalized spacial score (nSPS) is 11.4. The standard InChI is InChI=1S/C26H13F5/c27-22-21(23(28)25(30)26(31)24(22)29)20-17-12-6-4-10-15(17)19(14-8-2-1-3-9-14)16-11-5-7-13-18(16)20/h1-13H. The van der Waals surface area contributed by atoms with Crippen LogP contribution in [0.1, 0.15) is 0 Å². The Labute approximate surface area is 174 Å². The molecule has 0 amide bonds. The Balaban J connectivity index is 2.05. The average molecular weight is 420 g/mol. The zero-order chi connectivity index (χ0) is 21.7. The highest BCUT2D eigenvalue weighted by Crippen LogP contribution is 2.45. The molecule has 0 saturated heterocycles. The van der Waals surface area contributed by atoms with E-state index in [4.69, 9.17) is 0 Å². The summed E-state index contributed by atoms with van der Waals surface area (Å²) in [5.74, 6) is -9.80. The first-order valence-corrected chi connectivity index (χ1v) is 9.51. The van der Waals surface area contributed by atoms with E-state index in [1.165, 1.54) is 0 Å². The van der Waals surface area contributed by atoms with Crippen LogP contribution >= 0.6 is 0 Å². The third kappa shape index (κ3) is 2.81. The number of halogens is 5. The first-order chi connectivity index (χ1) is 15.0. The Morgan fingerprint density at radius 3 is 1.13 bits per heavy atom. The molecule has 0 radical (unpaired) electrons. The maximum Gasteiger partial charge on any atom is 0.200 e. The van der Waals surface area contributed by atoms with Gasteiger partial charge in [-0.05, 0) is 32.7 Å². The monoisotopic (exact) mass is 420 g/mol. The van der Waals surface area contributed by atoms with Crippen LogP contribution < -0.4 is 0 Å². The molecule has 0 saturated carbocycles. The fourth-order valence-corrected chi connectivity index (χ4v) is 4.14. The van der Waals surface area contributed by atoms with Crippen molar-refractivity contribution in [3.05, 3.63) is 108 Å². The summed E-state index contributed by atoms with van der Waals surface area (Å²) in [7, 11) is 0. The number of benzene rings is 5. The van der Waals surface area contributed by atoms with Gasteiger partial charge in [0.1, 0.15) is 0 Å². The highest BCUT2D eigenvalue weighted by atomic mass is 19.2. The summed E-state index contributed by atoms with van der Waals surface area (Å²) in [5.41, 5.74) is 0.736. The fourth-order valence-electron chi connectivity index (χ4n) is 4.14. The predicted octanol–water partition coefficient (Wildman–Crippen LogP) is 8.02. The summed E-state index contributed by atoms with van der Waals surface area (Å²) in [6.07, 6.45) is 0. The Hall–Kier alpha value is -3.73. The largest absolute Gasteiger partial charge is 0.203 e. The van der Waals surface area contributed by atoms with Crippen LogP contribution in [0.2, 0.25) is 0 Å². The molecule has 5 heteroatoms. The van der Waals surface area contributed by atoms with Crippen molar-refractivity contribution in [1.82, 2.24) is 0 Å². The van der Waals surface area contributed by atoms with Gasteiger partial charge in [0.15, 0.2) is 23.3 Å². The molecular weight excluding hydrogens is 407 g/mol. The summed E-state index contributed by atoms with van der Waals surface area (Å²) in [4.78, 5) is 0. The second kappa shape index (κ2) is 7.20. The van der Waals surface area contributed by atoms with Gasteiger partial charge >= 0.3 is 0 Å². The van der Waals surface area contributed by atoms with Crippen LogP contribution in [0.5, 0.6) is 0 Å². The van der Waals surface area contributed by atoms with Gasteiger partial charge in [-0.25, -0.2) is 22.0 Å². The summed E-state index contributed by atoms with van der Waals surface area (Å²) in [6.45, 7) is 0. The Morgan fingerprint density at radius 1 is 0.323 bits per heavy atom. The van der Waals surface area contributed by atoms with Gasteiger partial charge in [-0.2, -0.15) is 0 Å². The van der Waals surface area contributed by atoms with Crippen molar-refractivity contribution in [1.29, 1.82) is 0 Å². The van der Waals surface area contributed by atoms with Crippen LogP contribution in [0.25, 0.3) is 43.8 Å². The molecule has 0 aliphatic carbocycles. The van der Waals surface area contributed by atoms with Gasteiger partial charge in [-0.15, -0.1) is 0 Å². The van der Waals surface area contributed by atoms with Gasteiger partial charge in [0.25, 0.3) is 0 Å². The van der Waals surface area contributed by atoms with E-state index >= 15 is 0 Å². The maximum absolute atomic E-state index is 14.8. The van der Waals surface area contributed by atoms with E-state index in [9.17, 15) is 22.0 Å².